The normalized spacial score (nSPS) is 11.8. The van der Waals surface area contributed by atoms with Crippen LogP contribution in [0.3, 0.4) is 0 Å². The molecule has 1 aromatic heterocycles. The third kappa shape index (κ3) is 2.65. The van der Waals surface area contributed by atoms with Crippen LogP contribution in [0.5, 0.6) is 0 Å². The lowest BCUT2D eigenvalue weighted by Crippen LogP contribution is -2.04. The molecule has 0 aromatic carbocycles. The highest BCUT2D eigenvalue weighted by molar-refractivity contribution is 5.96. The van der Waals surface area contributed by atoms with Crippen LogP contribution >= 0.6 is 0 Å². The van der Waals surface area contributed by atoms with Crippen molar-refractivity contribution in [1.29, 1.82) is 0 Å². The molecule has 0 aliphatic heterocycles. The SMILES string of the molecule is CC(C)C(=O)C=C(O)c1cnccn1. The van der Waals surface area contributed by atoms with Gasteiger partial charge in [0.15, 0.2) is 5.78 Å². The van der Waals surface area contributed by atoms with Crippen molar-refractivity contribution >= 4 is 11.5 Å². The summed E-state index contributed by atoms with van der Waals surface area (Å²) in [4.78, 5) is 18.9. The molecular formula is C10H12N2O2. The van der Waals surface area contributed by atoms with E-state index in [1.54, 1.807) is 13.8 Å². The number of aliphatic hydroxyl groups is 1. The fourth-order valence-electron chi connectivity index (χ4n) is 0.807. The van der Waals surface area contributed by atoms with Gasteiger partial charge in [0.2, 0.25) is 0 Å². The minimum atomic E-state index is -0.142. The van der Waals surface area contributed by atoms with Gasteiger partial charge >= 0.3 is 0 Å². The molecule has 0 radical (unpaired) electrons. The number of hydrogen-bond acceptors (Lipinski definition) is 4. The number of aromatic nitrogens is 2. The van der Waals surface area contributed by atoms with Gasteiger partial charge in [0.05, 0.1) is 6.20 Å². The fraction of sp³-hybridized carbons (Fsp3) is 0.300. The van der Waals surface area contributed by atoms with Crippen LogP contribution in [0.25, 0.3) is 5.76 Å². The van der Waals surface area contributed by atoms with Gasteiger partial charge in [0.25, 0.3) is 0 Å². The van der Waals surface area contributed by atoms with Gasteiger partial charge in [-0.25, -0.2) is 4.98 Å². The second kappa shape index (κ2) is 4.50. The van der Waals surface area contributed by atoms with E-state index in [1.165, 1.54) is 24.7 Å². The number of carbonyl (C=O) groups excluding carboxylic acids is 1. The van der Waals surface area contributed by atoms with E-state index < -0.39 is 0 Å². The number of hydrogen-bond donors (Lipinski definition) is 1. The van der Waals surface area contributed by atoms with Crippen molar-refractivity contribution in [3.8, 4) is 0 Å². The van der Waals surface area contributed by atoms with E-state index in [0.717, 1.165) is 0 Å². The predicted molar refractivity (Wildman–Crippen MR) is 52.5 cm³/mol. The van der Waals surface area contributed by atoms with E-state index in [-0.39, 0.29) is 17.5 Å². The molecule has 0 unspecified atom stereocenters. The van der Waals surface area contributed by atoms with Crippen molar-refractivity contribution in [3.05, 3.63) is 30.4 Å². The first kappa shape index (κ1) is 10.4. The maximum absolute atomic E-state index is 11.2. The molecule has 4 heteroatoms. The number of nitrogens with zero attached hydrogens (tertiary/aromatic N) is 2. The Hall–Kier alpha value is -1.71. The van der Waals surface area contributed by atoms with Crippen LogP contribution in [-0.4, -0.2) is 20.9 Å². The summed E-state index contributed by atoms with van der Waals surface area (Å²) in [6, 6.07) is 0. The van der Waals surface area contributed by atoms with Crippen LogP contribution in [0.2, 0.25) is 0 Å². The molecule has 1 heterocycles. The van der Waals surface area contributed by atoms with E-state index in [9.17, 15) is 9.90 Å². The first-order valence-corrected chi connectivity index (χ1v) is 4.32. The standard InChI is InChI=1S/C10H12N2O2/c1-7(2)9(13)5-10(14)8-6-11-3-4-12-8/h3-7,14H,1-2H3. The van der Waals surface area contributed by atoms with E-state index >= 15 is 0 Å². The lowest BCUT2D eigenvalue weighted by atomic mass is 10.1. The molecule has 0 fully saturated rings. The van der Waals surface area contributed by atoms with Crippen molar-refractivity contribution in [2.75, 3.05) is 0 Å². The van der Waals surface area contributed by atoms with Gasteiger partial charge in [-0.05, 0) is 0 Å². The largest absolute Gasteiger partial charge is 0.505 e. The Balaban J connectivity index is 2.85. The molecule has 1 aromatic rings. The van der Waals surface area contributed by atoms with Crippen LogP contribution in [-0.2, 0) is 4.79 Å². The molecule has 0 atom stereocenters. The molecule has 0 bridgehead atoms. The predicted octanol–water partition coefficient (Wildman–Crippen LogP) is 1.60. The zero-order valence-electron chi connectivity index (χ0n) is 8.14. The molecule has 0 aliphatic rings. The third-order valence-electron chi connectivity index (χ3n) is 1.67. The first-order chi connectivity index (χ1) is 6.61. The summed E-state index contributed by atoms with van der Waals surface area (Å²) in [5.74, 6) is -0.404. The maximum atomic E-state index is 11.2. The molecule has 0 aliphatic carbocycles. The summed E-state index contributed by atoms with van der Waals surface area (Å²) >= 11 is 0. The van der Waals surface area contributed by atoms with Crippen LogP contribution in [0.1, 0.15) is 19.5 Å². The molecule has 74 valence electrons. The Bertz CT molecular complexity index is 344. The lowest BCUT2D eigenvalue weighted by molar-refractivity contribution is -0.117. The molecule has 1 N–H and O–H groups in total. The Kier molecular flexibility index (Phi) is 3.34. The van der Waals surface area contributed by atoms with Crippen molar-refractivity contribution in [2.45, 2.75) is 13.8 Å². The Morgan fingerprint density at radius 3 is 2.71 bits per heavy atom. The number of carbonyl (C=O) groups is 1. The zero-order valence-corrected chi connectivity index (χ0v) is 8.14. The maximum Gasteiger partial charge on any atom is 0.161 e. The molecule has 0 amide bonds. The summed E-state index contributed by atoms with van der Waals surface area (Å²) in [5, 5.41) is 9.48. The van der Waals surface area contributed by atoms with Crippen LogP contribution in [0.15, 0.2) is 24.7 Å². The van der Waals surface area contributed by atoms with Crippen molar-refractivity contribution < 1.29 is 9.90 Å². The topological polar surface area (TPSA) is 63.1 Å². The van der Waals surface area contributed by atoms with Gasteiger partial charge in [-0.3, -0.25) is 9.78 Å². The monoisotopic (exact) mass is 192 g/mol. The smallest absolute Gasteiger partial charge is 0.161 e. The van der Waals surface area contributed by atoms with E-state index in [1.807, 2.05) is 0 Å². The minimum absolute atomic E-state index is 0.131. The third-order valence-corrected chi connectivity index (χ3v) is 1.67. The summed E-state index contributed by atoms with van der Waals surface area (Å²) in [7, 11) is 0. The van der Waals surface area contributed by atoms with Gasteiger partial charge in [0.1, 0.15) is 11.5 Å². The van der Waals surface area contributed by atoms with Crippen LogP contribution in [0.4, 0.5) is 0 Å². The van der Waals surface area contributed by atoms with Gasteiger partial charge in [-0.2, -0.15) is 0 Å². The highest BCUT2D eigenvalue weighted by Crippen LogP contribution is 2.07. The fourth-order valence-corrected chi connectivity index (χ4v) is 0.807. The van der Waals surface area contributed by atoms with Crippen molar-refractivity contribution in [1.82, 2.24) is 9.97 Å². The van der Waals surface area contributed by atoms with Crippen molar-refractivity contribution in [2.24, 2.45) is 5.92 Å². The average Bonchev–Trinajstić information content (AvgIpc) is 2.19. The second-order valence-electron chi connectivity index (χ2n) is 3.18. The first-order valence-electron chi connectivity index (χ1n) is 4.32. The summed E-state index contributed by atoms with van der Waals surface area (Å²) in [6.45, 7) is 3.53. The Labute approximate surface area is 82.3 Å². The summed E-state index contributed by atoms with van der Waals surface area (Å²) in [5.41, 5.74) is 0.307. The zero-order chi connectivity index (χ0) is 10.6. The highest BCUT2D eigenvalue weighted by Gasteiger charge is 2.07. The van der Waals surface area contributed by atoms with Gasteiger partial charge in [0, 0.05) is 24.4 Å². The Morgan fingerprint density at radius 1 is 1.50 bits per heavy atom. The van der Waals surface area contributed by atoms with E-state index in [0.29, 0.717) is 5.69 Å². The number of rotatable bonds is 3. The van der Waals surface area contributed by atoms with E-state index in [4.69, 9.17) is 0 Å². The second-order valence-corrected chi connectivity index (χ2v) is 3.18. The molecular weight excluding hydrogens is 180 g/mol. The van der Waals surface area contributed by atoms with Gasteiger partial charge in [-0.15, -0.1) is 0 Å². The van der Waals surface area contributed by atoms with Crippen molar-refractivity contribution in [3.63, 3.8) is 0 Å². The molecule has 1 rings (SSSR count). The summed E-state index contributed by atoms with van der Waals surface area (Å²) in [6.07, 6.45) is 5.54. The van der Waals surface area contributed by atoms with Gasteiger partial charge in [-0.1, -0.05) is 13.8 Å². The highest BCUT2D eigenvalue weighted by atomic mass is 16.3. The van der Waals surface area contributed by atoms with Crippen LogP contribution < -0.4 is 0 Å². The molecule has 0 spiro atoms. The molecule has 0 saturated carbocycles. The quantitative estimate of drug-likeness (QED) is 0.583. The molecule has 4 nitrogen and oxygen atoms in total. The molecule has 0 saturated heterocycles. The summed E-state index contributed by atoms with van der Waals surface area (Å²) < 4.78 is 0. The number of allylic oxidation sites excluding steroid dienone is 1. The number of ketones is 1. The number of aliphatic hydroxyl groups excluding tert-OH is 1. The Morgan fingerprint density at radius 2 is 2.21 bits per heavy atom. The average molecular weight is 192 g/mol. The van der Waals surface area contributed by atoms with Crippen LogP contribution in [0, 0.1) is 5.92 Å². The molecule has 14 heavy (non-hydrogen) atoms. The van der Waals surface area contributed by atoms with Gasteiger partial charge < -0.3 is 5.11 Å². The minimum Gasteiger partial charge on any atom is -0.505 e. The lowest BCUT2D eigenvalue weighted by Gasteiger charge is -2.00. The van der Waals surface area contributed by atoms with E-state index in [2.05, 4.69) is 9.97 Å².